The van der Waals surface area contributed by atoms with Gasteiger partial charge in [-0.1, -0.05) is 33.1 Å². The van der Waals surface area contributed by atoms with Gasteiger partial charge in [0, 0.05) is 12.3 Å². The first-order chi connectivity index (χ1) is 8.24. The zero-order valence-electron chi connectivity index (χ0n) is 11.1. The van der Waals surface area contributed by atoms with Crippen molar-refractivity contribution in [2.45, 2.75) is 58.8 Å². The van der Waals surface area contributed by atoms with Crippen molar-refractivity contribution in [2.24, 2.45) is 11.0 Å². The Labute approximate surface area is 110 Å². The number of unbranched alkanes of at least 4 members (excludes halogenated alkanes) is 2. The number of hydrogen-bond donors (Lipinski definition) is 2. The molecule has 0 unspecified atom stereocenters. The van der Waals surface area contributed by atoms with Crippen LogP contribution in [0, 0.1) is 5.92 Å². The molecule has 3 nitrogen and oxygen atoms in total. The van der Waals surface area contributed by atoms with Gasteiger partial charge in [-0.2, -0.15) is 5.10 Å². The van der Waals surface area contributed by atoms with Gasteiger partial charge in [-0.15, -0.1) is 0 Å². The van der Waals surface area contributed by atoms with Crippen LogP contribution in [0.25, 0.3) is 0 Å². The third-order valence-corrected chi connectivity index (χ3v) is 3.49. The monoisotopic (exact) mass is 255 g/mol. The molecule has 0 saturated heterocycles. The molecule has 0 radical (unpaired) electrons. The number of nitrogens with one attached hydrogen (secondary N) is 2. The first-order valence-electron chi connectivity index (χ1n) is 6.84. The standard InChI is InChI=1S/C13H25N3S/c1-3-4-7-10-14-13(17)16-15-12-9-6-5-8-11(12)2/h11H,3-10H2,1-2H3,(H2,14,16,17)/b15-12-/t11-/m0/s1. The lowest BCUT2D eigenvalue weighted by atomic mass is 9.89. The fourth-order valence-electron chi connectivity index (χ4n) is 2.07. The summed E-state index contributed by atoms with van der Waals surface area (Å²) in [5, 5.41) is 8.27. The number of rotatable bonds is 5. The van der Waals surface area contributed by atoms with Crippen molar-refractivity contribution in [2.75, 3.05) is 6.54 Å². The molecule has 0 aromatic carbocycles. The van der Waals surface area contributed by atoms with E-state index in [0.717, 1.165) is 13.0 Å². The molecule has 4 heteroatoms. The van der Waals surface area contributed by atoms with Crippen LogP contribution in [0.3, 0.4) is 0 Å². The Bertz CT molecular complexity index is 263. The molecule has 1 aliphatic carbocycles. The van der Waals surface area contributed by atoms with E-state index < -0.39 is 0 Å². The van der Waals surface area contributed by atoms with Crippen molar-refractivity contribution in [3.05, 3.63) is 0 Å². The van der Waals surface area contributed by atoms with Gasteiger partial charge in [0.2, 0.25) is 0 Å². The first-order valence-corrected chi connectivity index (χ1v) is 7.25. The van der Waals surface area contributed by atoms with Gasteiger partial charge in [-0.25, -0.2) is 0 Å². The topological polar surface area (TPSA) is 36.4 Å². The van der Waals surface area contributed by atoms with Gasteiger partial charge in [-0.05, 0) is 43.8 Å². The van der Waals surface area contributed by atoms with Crippen molar-refractivity contribution < 1.29 is 0 Å². The fraction of sp³-hybridized carbons (Fsp3) is 0.846. The molecule has 2 N–H and O–H groups in total. The number of nitrogens with zero attached hydrogens (tertiary/aromatic N) is 1. The summed E-state index contributed by atoms with van der Waals surface area (Å²) in [5.74, 6) is 0.610. The molecule has 0 amide bonds. The van der Waals surface area contributed by atoms with Crippen LogP contribution in [-0.2, 0) is 0 Å². The highest BCUT2D eigenvalue weighted by Gasteiger charge is 2.15. The highest BCUT2D eigenvalue weighted by Crippen LogP contribution is 2.20. The molecule has 0 bridgehead atoms. The van der Waals surface area contributed by atoms with E-state index in [2.05, 4.69) is 29.7 Å². The van der Waals surface area contributed by atoms with E-state index in [1.807, 2.05) is 0 Å². The summed E-state index contributed by atoms with van der Waals surface area (Å²) in [4.78, 5) is 0. The Morgan fingerprint density at radius 2 is 2.24 bits per heavy atom. The normalized spacial score (nSPS) is 22.5. The van der Waals surface area contributed by atoms with Crippen molar-refractivity contribution >= 4 is 23.0 Å². The maximum Gasteiger partial charge on any atom is 0.186 e. The predicted octanol–water partition coefficient (Wildman–Crippen LogP) is 3.21. The zero-order chi connectivity index (χ0) is 12.5. The zero-order valence-corrected chi connectivity index (χ0v) is 11.9. The quantitative estimate of drug-likeness (QED) is 0.450. The second-order valence-electron chi connectivity index (χ2n) is 4.82. The van der Waals surface area contributed by atoms with Gasteiger partial charge in [0.05, 0.1) is 0 Å². The number of hydrazone groups is 1. The van der Waals surface area contributed by atoms with E-state index in [-0.39, 0.29) is 0 Å². The molecular weight excluding hydrogens is 230 g/mol. The summed E-state index contributed by atoms with van der Waals surface area (Å²) >= 11 is 5.18. The van der Waals surface area contributed by atoms with Crippen molar-refractivity contribution in [1.29, 1.82) is 0 Å². The highest BCUT2D eigenvalue weighted by atomic mass is 32.1. The van der Waals surface area contributed by atoms with Gasteiger partial charge in [0.25, 0.3) is 0 Å². The molecule has 1 aliphatic rings. The van der Waals surface area contributed by atoms with Crippen LogP contribution in [0.2, 0.25) is 0 Å². The lowest BCUT2D eigenvalue weighted by Crippen LogP contribution is -2.34. The molecular formula is C13H25N3S. The number of thiocarbonyl (C=S) groups is 1. The van der Waals surface area contributed by atoms with Crippen LogP contribution in [0.15, 0.2) is 5.10 Å². The average molecular weight is 255 g/mol. The summed E-state index contributed by atoms with van der Waals surface area (Å²) in [6.45, 7) is 5.39. The third-order valence-electron chi connectivity index (χ3n) is 3.26. The summed E-state index contributed by atoms with van der Waals surface area (Å²) in [5.41, 5.74) is 4.24. The molecule has 1 saturated carbocycles. The first kappa shape index (κ1) is 14.4. The molecule has 0 aliphatic heterocycles. The Balaban J connectivity index is 2.19. The van der Waals surface area contributed by atoms with Crippen molar-refractivity contribution in [1.82, 2.24) is 10.7 Å². The van der Waals surface area contributed by atoms with Crippen LogP contribution in [-0.4, -0.2) is 17.4 Å². The van der Waals surface area contributed by atoms with Gasteiger partial charge < -0.3 is 5.32 Å². The maximum absolute atomic E-state index is 5.18. The SMILES string of the molecule is CCCCCNC(=S)N/N=C1/CCCC[C@@H]1C. The smallest absolute Gasteiger partial charge is 0.186 e. The Kier molecular flexibility index (Phi) is 7.17. The van der Waals surface area contributed by atoms with E-state index in [9.17, 15) is 0 Å². The van der Waals surface area contributed by atoms with Crippen LogP contribution in [0.5, 0.6) is 0 Å². The van der Waals surface area contributed by atoms with E-state index in [4.69, 9.17) is 12.2 Å². The Morgan fingerprint density at radius 1 is 1.41 bits per heavy atom. The molecule has 0 aromatic heterocycles. The number of hydrogen-bond acceptors (Lipinski definition) is 2. The fourth-order valence-corrected chi connectivity index (χ4v) is 2.22. The molecule has 0 spiro atoms. The maximum atomic E-state index is 5.18. The predicted molar refractivity (Wildman–Crippen MR) is 78.3 cm³/mol. The van der Waals surface area contributed by atoms with Crippen LogP contribution < -0.4 is 10.7 Å². The third kappa shape index (κ3) is 6.01. The average Bonchev–Trinajstić information content (AvgIpc) is 2.34. The summed E-state index contributed by atoms with van der Waals surface area (Å²) in [7, 11) is 0. The van der Waals surface area contributed by atoms with Crippen LogP contribution >= 0.6 is 12.2 Å². The molecule has 0 heterocycles. The minimum Gasteiger partial charge on any atom is -0.361 e. The molecule has 98 valence electrons. The second-order valence-corrected chi connectivity index (χ2v) is 5.23. The van der Waals surface area contributed by atoms with E-state index in [1.54, 1.807) is 0 Å². The lowest BCUT2D eigenvalue weighted by molar-refractivity contribution is 0.555. The van der Waals surface area contributed by atoms with E-state index in [1.165, 1.54) is 44.2 Å². The van der Waals surface area contributed by atoms with E-state index in [0.29, 0.717) is 11.0 Å². The molecule has 1 rings (SSSR count). The van der Waals surface area contributed by atoms with Gasteiger partial charge >= 0.3 is 0 Å². The molecule has 0 aromatic rings. The van der Waals surface area contributed by atoms with Crippen molar-refractivity contribution in [3.63, 3.8) is 0 Å². The van der Waals surface area contributed by atoms with Crippen molar-refractivity contribution in [3.8, 4) is 0 Å². The lowest BCUT2D eigenvalue weighted by Gasteiger charge is -2.20. The van der Waals surface area contributed by atoms with Gasteiger partial charge in [-0.3, -0.25) is 5.43 Å². The highest BCUT2D eigenvalue weighted by molar-refractivity contribution is 7.80. The van der Waals surface area contributed by atoms with Crippen LogP contribution in [0.4, 0.5) is 0 Å². The minimum atomic E-state index is 0.610. The second kappa shape index (κ2) is 8.45. The van der Waals surface area contributed by atoms with E-state index >= 15 is 0 Å². The summed E-state index contributed by atoms with van der Waals surface area (Å²) in [6, 6.07) is 0. The summed E-state index contributed by atoms with van der Waals surface area (Å²) < 4.78 is 0. The molecule has 1 fully saturated rings. The van der Waals surface area contributed by atoms with Crippen LogP contribution in [0.1, 0.15) is 58.8 Å². The minimum absolute atomic E-state index is 0.610. The Hall–Kier alpha value is -0.640. The largest absolute Gasteiger partial charge is 0.361 e. The molecule has 1 atom stereocenters. The van der Waals surface area contributed by atoms with Gasteiger partial charge in [0.15, 0.2) is 5.11 Å². The Morgan fingerprint density at radius 3 is 2.94 bits per heavy atom. The van der Waals surface area contributed by atoms with Gasteiger partial charge in [0.1, 0.15) is 0 Å². The molecule has 17 heavy (non-hydrogen) atoms. The summed E-state index contributed by atoms with van der Waals surface area (Å²) in [6.07, 6.45) is 8.64.